The van der Waals surface area contributed by atoms with Gasteiger partial charge in [-0.15, -0.1) is 0 Å². The zero-order chi connectivity index (χ0) is 22.0. The molecule has 34 heavy (non-hydrogen) atoms. The van der Waals surface area contributed by atoms with Crippen LogP contribution in [0.5, 0.6) is 0 Å². The molecule has 0 N–H and O–H groups in total. The molecule has 0 fully saturated rings. The Labute approximate surface area is 195 Å². The first kappa shape index (κ1) is 17.1. The topological polar surface area (TPSA) is 0 Å². The molecule has 0 aromatic heterocycles. The summed E-state index contributed by atoms with van der Waals surface area (Å²) >= 11 is 0. The van der Waals surface area contributed by atoms with E-state index < -0.39 is 0 Å². The van der Waals surface area contributed by atoms with E-state index in [1.54, 1.807) is 0 Å². The number of rotatable bonds is 0. The van der Waals surface area contributed by atoms with Crippen LogP contribution in [-0.2, 0) is 0 Å². The Hall–Kier alpha value is -4.42. The molecule has 0 spiro atoms. The van der Waals surface area contributed by atoms with Crippen molar-refractivity contribution in [2.45, 2.75) is 0 Å². The molecule has 9 aromatic carbocycles. The largest absolute Gasteiger partial charge is 0.0616 e. The summed E-state index contributed by atoms with van der Waals surface area (Å²) in [6.45, 7) is 0. The van der Waals surface area contributed by atoms with Crippen LogP contribution in [0, 0.1) is 0 Å². The van der Waals surface area contributed by atoms with E-state index in [2.05, 4.69) is 109 Å². The van der Waals surface area contributed by atoms with Crippen LogP contribution in [0.3, 0.4) is 0 Å². The summed E-state index contributed by atoms with van der Waals surface area (Å²) in [6.07, 6.45) is 0. The van der Waals surface area contributed by atoms with Gasteiger partial charge in [0.1, 0.15) is 0 Å². The van der Waals surface area contributed by atoms with E-state index in [9.17, 15) is 0 Å². The van der Waals surface area contributed by atoms with Crippen LogP contribution in [0.1, 0.15) is 0 Å². The molecule has 0 aliphatic carbocycles. The Balaban J connectivity index is 1.77. The van der Waals surface area contributed by atoms with Crippen molar-refractivity contribution in [1.82, 2.24) is 0 Å². The van der Waals surface area contributed by atoms with Crippen molar-refractivity contribution in [2.75, 3.05) is 0 Å². The summed E-state index contributed by atoms with van der Waals surface area (Å²) in [5.41, 5.74) is 0. The lowest BCUT2D eigenvalue weighted by Crippen LogP contribution is -1.81. The van der Waals surface area contributed by atoms with Crippen molar-refractivity contribution in [3.8, 4) is 0 Å². The van der Waals surface area contributed by atoms with Crippen LogP contribution in [-0.4, -0.2) is 0 Å². The number of fused-ring (bicyclic) bond motifs is 11. The summed E-state index contributed by atoms with van der Waals surface area (Å²) in [6, 6.07) is 40.8. The first-order valence-corrected chi connectivity index (χ1v) is 12.0. The summed E-state index contributed by atoms with van der Waals surface area (Å²) in [5.74, 6) is 0. The molecule has 0 saturated heterocycles. The lowest BCUT2D eigenvalue weighted by Gasteiger charge is -2.09. The van der Waals surface area contributed by atoms with Crippen LogP contribution >= 0.6 is 0 Å². The van der Waals surface area contributed by atoms with Crippen LogP contribution < -0.4 is 0 Å². The van der Waals surface area contributed by atoms with E-state index >= 15 is 0 Å². The Morgan fingerprint density at radius 1 is 0.235 bits per heavy atom. The number of benzene rings is 7. The fourth-order valence-electron chi connectivity index (χ4n) is 6.79. The summed E-state index contributed by atoms with van der Waals surface area (Å²) < 4.78 is 0. The van der Waals surface area contributed by atoms with Gasteiger partial charge in [0, 0.05) is 0 Å². The van der Waals surface area contributed by atoms with Gasteiger partial charge in [0.25, 0.3) is 0 Å². The fraction of sp³-hybridized carbons (Fsp3) is 0. The normalized spacial score (nSPS) is 12.7. The second kappa shape index (κ2) is 5.73. The average Bonchev–Trinajstić information content (AvgIpc) is 3.40. The lowest BCUT2D eigenvalue weighted by molar-refractivity contribution is 1.81. The van der Waals surface area contributed by atoms with Crippen molar-refractivity contribution in [3.63, 3.8) is 0 Å². The third-order valence-electron chi connectivity index (χ3n) is 8.06. The molecule has 0 aliphatic heterocycles. The van der Waals surface area contributed by atoms with Gasteiger partial charge in [-0.1, -0.05) is 97.1 Å². The van der Waals surface area contributed by atoms with Crippen LogP contribution in [0.2, 0.25) is 0 Å². The monoisotopic (exact) mass is 426 g/mol. The maximum absolute atomic E-state index is 2.43. The standard InChI is InChI=1S/C34H18/c1-2-8-22-18-28-27(17-21(22)7-1)31-23-13-3-9-19-11-5-15-25(29(19)23)33(31)34-26-16-6-12-20-10-4-14-24(30(20)26)32(28)34/h1-18H. The maximum atomic E-state index is 2.43. The fourth-order valence-corrected chi connectivity index (χ4v) is 6.79. The third-order valence-corrected chi connectivity index (χ3v) is 8.06. The molecule has 0 amide bonds. The summed E-state index contributed by atoms with van der Waals surface area (Å²) in [7, 11) is 0. The van der Waals surface area contributed by atoms with Crippen LogP contribution in [0.4, 0.5) is 0 Å². The minimum Gasteiger partial charge on any atom is -0.0616 e. The van der Waals surface area contributed by atoms with Gasteiger partial charge in [-0.2, -0.15) is 0 Å². The number of hydrogen-bond donors (Lipinski definition) is 0. The summed E-state index contributed by atoms with van der Waals surface area (Å²) in [4.78, 5) is 0. The van der Waals surface area contributed by atoms with Gasteiger partial charge in [0.05, 0.1) is 0 Å². The lowest BCUT2D eigenvalue weighted by atomic mass is 9.94. The van der Waals surface area contributed by atoms with E-state index in [-0.39, 0.29) is 0 Å². The Kier molecular flexibility index (Phi) is 2.88. The SMILES string of the molecule is c1ccc2cc3c(cc2c1)c1c2cccc4cccc(c42)c1c1c2cccc4cccc(c42)c31. The molecule has 0 unspecified atom stereocenters. The van der Waals surface area contributed by atoms with Gasteiger partial charge in [0.2, 0.25) is 0 Å². The predicted molar refractivity (Wildman–Crippen MR) is 149 cm³/mol. The van der Waals surface area contributed by atoms with Gasteiger partial charge < -0.3 is 0 Å². The van der Waals surface area contributed by atoms with Gasteiger partial charge in [-0.25, -0.2) is 0 Å². The number of hydrogen-bond acceptors (Lipinski definition) is 0. The van der Waals surface area contributed by atoms with E-state index in [0.717, 1.165) is 0 Å². The molecule has 0 saturated carbocycles. The Morgan fingerprint density at radius 3 is 1.00 bits per heavy atom. The first-order chi connectivity index (χ1) is 16.9. The van der Waals surface area contributed by atoms with Gasteiger partial charge in [0.15, 0.2) is 0 Å². The molecule has 0 bridgehead atoms. The molecule has 0 heterocycles. The van der Waals surface area contributed by atoms with Gasteiger partial charge in [-0.05, 0) is 98.3 Å². The minimum atomic E-state index is 1.30. The van der Waals surface area contributed by atoms with E-state index in [1.165, 1.54) is 86.2 Å². The third kappa shape index (κ3) is 1.85. The zero-order valence-corrected chi connectivity index (χ0v) is 18.4. The van der Waals surface area contributed by atoms with Crippen LogP contribution in [0.25, 0.3) is 86.2 Å². The average molecular weight is 427 g/mol. The minimum absolute atomic E-state index is 1.30. The molecule has 0 heteroatoms. The highest BCUT2D eigenvalue weighted by molar-refractivity contribution is 6.50. The van der Waals surface area contributed by atoms with Crippen molar-refractivity contribution in [1.29, 1.82) is 0 Å². The maximum Gasteiger partial charge on any atom is -0.000718 e. The highest BCUT2D eigenvalue weighted by Gasteiger charge is 2.22. The molecule has 0 atom stereocenters. The van der Waals surface area contributed by atoms with Crippen molar-refractivity contribution in [3.05, 3.63) is 109 Å². The molecule has 0 radical (unpaired) electrons. The second-order valence-electron chi connectivity index (χ2n) is 9.66. The molecule has 9 rings (SSSR count). The van der Waals surface area contributed by atoms with Crippen molar-refractivity contribution < 1.29 is 0 Å². The molecule has 0 aliphatic rings. The quantitative estimate of drug-likeness (QED) is 0.212. The van der Waals surface area contributed by atoms with E-state index in [4.69, 9.17) is 0 Å². The van der Waals surface area contributed by atoms with E-state index in [0.29, 0.717) is 0 Å². The summed E-state index contributed by atoms with van der Waals surface area (Å²) in [5, 5.41) is 21.9. The Bertz CT molecular complexity index is 2090. The predicted octanol–water partition coefficient (Wildman–Crippen LogP) is 9.79. The van der Waals surface area contributed by atoms with Gasteiger partial charge in [-0.3, -0.25) is 0 Å². The Morgan fingerprint density at radius 2 is 0.588 bits per heavy atom. The highest BCUT2D eigenvalue weighted by atomic mass is 14.2. The van der Waals surface area contributed by atoms with E-state index in [1.807, 2.05) is 0 Å². The molecule has 9 aromatic rings. The van der Waals surface area contributed by atoms with Crippen molar-refractivity contribution in [2.24, 2.45) is 0 Å². The molecular weight excluding hydrogens is 408 g/mol. The van der Waals surface area contributed by atoms with Gasteiger partial charge >= 0.3 is 0 Å². The molecular formula is C34H18. The molecule has 154 valence electrons. The smallest absolute Gasteiger partial charge is 0.000718 e. The molecule has 0 nitrogen and oxygen atoms in total. The van der Waals surface area contributed by atoms with Crippen LogP contribution in [0.15, 0.2) is 109 Å². The van der Waals surface area contributed by atoms with Crippen molar-refractivity contribution >= 4 is 86.2 Å². The zero-order valence-electron chi connectivity index (χ0n) is 18.4. The first-order valence-electron chi connectivity index (χ1n) is 12.0. The highest BCUT2D eigenvalue weighted by Crippen LogP contribution is 2.51. The second-order valence-corrected chi connectivity index (χ2v) is 9.66.